The Labute approximate surface area is 107 Å². The Hall–Kier alpha value is -1.09. The molecule has 0 atom stereocenters. The molecule has 3 heteroatoms. The van der Waals surface area contributed by atoms with Gasteiger partial charge in [0.2, 0.25) is 0 Å². The predicted octanol–water partition coefficient (Wildman–Crippen LogP) is 4.45. The molecular formula is C14H20N2S. The molecule has 2 aromatic rings. The molecule has 1 aromatic carbocycles. The van der Waals surface area contributed by atoms with Crippen LogP contribution in [0.1, 0.15) is 32.2 Å². The lowest BCUT2D eigenvalue weighted by atomic mass is 9.92. The highest BCUT2D eigenvalue weighted by atomic mass is 32.1. The molecule has 0 saturated heterocycles. The van der Waals surface area contributed by atoms with Crippen LogP contribution in [0.4, 0.5) is 5.69 Å². The van der Waals surface area contributed by atoms with Gasteiger partial charge in [0.15, 0.2) is 0 Å². The summed E-state index contributed by atoms with van der Waals surface area (Å²) in [5, 5.41) is 4.61. The van der Waals surface area contributed by atoms with E-state index < -0.39 is 0 Å². The Bertz CT molecular complexity index is 508. The molecule has 2 nitrogen and oxygen atoms in total. The molecule has 0 radical (unpaired) electrons. The van der Waals surface area contributed by atoms with Crippen LogP contribution in [0.25, 0.3) is 10.2 Å². The van der Waals surface area contributed by atoms with Gasteiger partial charge in [-0.2, -0.15) is 0 Å². The number of aromatic nitrogens is 1. The van der Waals surface area contributed by atoms with E-state index in [2.05, 4.69) is 56.2 Å². The summed E-state index contributed by atoms with van der Waals surface area (Å²) in [5.41, 5.74) is 2.69. The van der Waals surface area contributed by atoms with Gasteiger partial charge in [0.05, 0.1) is 15.2 Å². The molecule has 17 heavy (non-hydrogen) atoms. The average molecular weight is 248 g/mol. The molecule has 0 aliphatic rings. The van der Waals surface area contributed by atoms with E-state index in [1.54, 1.807) is 11.3 Å². The Morgan fingerprint density at radius 1 is 1.29 bits per heavy atom. The third-order valence-electron chi connectivity index (χ3n) is 2.70. The van der Waals surface area contributed by atoms with Crippen molar-refractivity contribution in [3.63, 3.8) is 0 Å². The van der Waals surface area contributed by atoms with Crippen molar-refractivity contribution in [3.8, 4) is 0 Å². The first-order valence-corrected chi connectivity index (χ1v) is 6.87. The monoisotopic (exact) mass is 248 g/mol. The minimum atomic E-state index is 0.387. The van der Waals surface area contributed by atoms with Gasteiger partial charge in [-0.15, -0.1) is 11.3 Å². The fourth-order valence-electron chi connectivity index (χ4n) is 1.73. The van der Waals surface area contributed by atoms with Gasteiger partial charge in [0.25, 0.3) is 0 Å². The van der Waals surface area contributed by atoms with E-state index in [1.165, 1.54) is 16.8 Å². The highest BCUT2D eigenvalue weighted by Gasteiger charge is 2.09. The maximum absolute atomic E-state index is 4.46. The van der Waals surface area contributed by atoms with Gasteiger partial charge >= 0.3 is 0 Å². The van der Waals surface area contributed by atoms with E-state index in [-0.39, 0.29) is 0 Å². The number of nitrogens with zero attached hydrogens (tertiary/aromatic N) is 1. The smallest absolute Gasteiger partial charge is 0.0907 e. The molecule has 0 bridgehead atoms. The van der Waals surface area contributed by atoms with E-state index in [4.69, 9.17) is 0 Å². The summed E-state index contributed by atoms with van der Waals surface area (Å²) in [7, 11) is 0. The normalized spacial score (nSPS) is 12.0. The van der Waals surface area contributed by atoms with Crippen molar-refractivity contribution in [2.45, 2.75) is 34.1 Å². The zero-order valence-electron chi connectivity index (χ0n) is 11.0. The van der Waals surface area contributed by atoms with Crippen LogP contribution in [0.3, 0.4) is 0 Å². The van der Waals surface area contributed by atoms with Gasteiger partial charge in [-0.05, 0) is 37.0 Å². The van der Waals surface area contributed by atoms with E-state index in [0.29, 0.717) is 5.41 Å². The quantitative estimate of drug-likeness (QED) is 0.868. The number of aryl methyl sites for hydroxylation is 1. The first-order chi connectivity index (χ1) is 7.94. The molecule has 1 aromatic heterocycles. The summed E-state index contributed by atoms with van der Waals surface area (Å²) in [6, 6.07) is 6.41. The molecule has 1 heterocycles. The third-order valence-corrected chi connectivity index (χ3v) is 3.63. The molecule has 0 amide bonds. The number of fused-ring (bicyclic) bond motifs is 1. The zero-order valence-corrected chi connectivity index (χ0v) is 11.8. The molecule has 0 aliphatic heterocycles. The minimum absolute atomic E-state index is 0.387. The Morgan fingerprint density at radius 3 is 2.76 bits per heavy atom. The van der Waals surface area contributed by atoms with Crippen LogP contribution in [0.5, 0.6) is 0 Å². The van der Waals surface area contributed by atoms with Crippen LogP contribution >= 0.6 is 11.3 Å². The highest BCUT2D eigenvalue weighted by molar-refractivity contribution is 7.18. The van der Waals surface area contributed by atoms with E-state index in [1.807, 2.05) is 0 Å². The molecule has 2 rings (SSSR count). The maximum Gasteiger partial charge on any atom is 0.0907 e. The molecule has 92 valence electrons. The molecule has 0 saturated carbocycles. The fourth-order valence-corrected chi connectivity index (χ4v) is 2.60. The SMILES string of the molecule is Cc1nc2ccc(NCCC(C)(C)C)cc2s1. The van der Waals surface area contributed by atoms with Crippen LogP contribution in [-0.4, -0.2) is 11.5 Å². The third kappa shape index (κ3) is 3.43. The molecule has 0 fully saturated rings. The molecule has 0 unspecified atom stereocenters. The molecule has 1 N–H and O–H groups in total. The van der Waals surface area contributed by atoms with Crippen molar-refractivity contribution in [2.75, 3.05) is 11.9 Å². The van der Waals surface area contributed by atoms with Crippen molar-refractivity contribution >= 4 is 27.2 Å². The second kappa shape index (κ2) is 4.65. The van der Waals surface area contributed by atoms with Crippen molar-refractivity contribution < 1.29 is 0 Å². The van der Waals surface area contributed by atoms with Crippen LogP contribution in [0.2, 0.25) is 0 Å². The Balaban J connectivity index is 2.04. The molecular weight excluding hydrogens is 228 g/mol. The fraction of sp³-hybridized carbons (Fsp3) is 0.500. The second-order valence-electron chi connectivity index (χ2n) is 5.65. The lowest BCUT2D eigenvalue weighted by Gasteiger charge is -2.18. The Kier molecular flexibility index (Phi) is 3.38. The summed E-state index contributed by atoms with van der Waals surface area (Å²) in [6.45, 7) is 9.88. The number of anilines is 1. The van der Waals surface area contributed by atoms with Crippen molar-refractivity contribution in [3.05, 3.63) is 23.2 Å². The molecule has 0 aliphatic carbocycles. The summed E-state index contributed by atoms with van der Waals surface area (Å²) < 4.78 is 1.27. The lowest BCUT2D eigenvalue weighted by Crippen LogP contribution is -2.12. The number of thiazole rings is 1. The number of hydrogen-bond acceptors (Lipinski definition) is 3. The summed E-state index contributed by atoms with van der Waals surface area (Å²) in [4.78, 5) is 4.46. The van der Waals surface area contributed by atoms with Crippen LogP contribution in [0, 0.1) is 12.3 Å². The minimum Gasteiger partial charge on any atom is -0.385 e. The number of benzene rings is 1. The Morgan fingerprint density at radius 2 is 2.06 bits per heavy atom. The largest absolute Gasteiger partial charge is 0.385 e. The number of nitrogens with one attached hydrogen (secondary N) is 1. The number of hydrogen-bond donors (Lipinski definition) is 1. The van der Waals surface area contributed by atoms with Gasteiger partial charge < -0.3 is 5.32 Å². The molecule has 0 spiro atoms. The van der Waals surface area contributed by atoms with Gasteiger partial charge in [-0.1, -0.05) is 20.8 Å². The first kappa shape index (κ1) is 12.4. The van der Waals surface area contributed by atoms with Crippen molar-refractivity contribution in [2.24, 2.45) is 5.41 Å². The maximum atomic E-state index is 4.46. The van der Waals surface area contributed by atoms with Gasteiger partial charge in [-0.3, -0.25) is 0 Å². The summed E-state index contributed by atoms with van der Waals surface area (Å²) >= 11 is 1.75. The van der Waals surface area contributed by atoms with Gasteiger partial charge in [-0.25, -0.2) is 4.98 Å². The zero-order chi connectivity index (χ0) is 12.5. The van der Waals surface area contributed by atoms with Gasteiger partial charge in [0, 0.05) is 12.2 Å². The lowest BCUT2D eigenvalue weighted by molar-refractivity contribution is 0.390. The first-order valence-electron chi connectivity index (χ1n) is 6.05. The van der Waals surface area contributed by atoms with Crippen LogP contribution in [-0.2, 0) is 0 Å². The van der Waals surface area contributed by atoms with E-state index in [0.717, 1.165) is 17.1 Å². The van der Waals surface area contributed by atoms with Crippen LogP contribution in [0.15, 0.2) is 18.2 Å². The topological polar surface area (TPSA) is 24.9 Å². The van der Waals surface area contributed by atoms with E-state index >= 15 is 0 Å². The van der Waals surface area contributed by atoms with Crippen LogP contribution < -0.4 is 5.32 Å². The average Bonchev–Trinajstić information content (AvgIpc) is 2.55. The number of rotatable bonds is 3. The van der Waals surface area contributed by atoms with Crippen molar-refractivity contribution in [1.29, 1.82) is 0 Å². The van der Waals surface area contributed by atoms with E-state index in [9.17, 15) is 0 Å². The summed E-state index contributed by atoms with van der Waals surface area (Å²) in [5.74, 6) is 0. The van der Waals surface area contributed by atoms with Gasteiger partial charge in [0.1, 0.15) is 0 Å². The predicted molar refractivity (Wildman–Crippen MR) is 76.9 cm³/mol. The van der Waals surface area contributed by atoms with Crippen molar-refractivity contribution in [1.82, 2.24) is 4.98 Å². The standard InChI is InChI=1S/C14H20N2S/c1-10-16-12-6-5-11(9-13(12)17-10)15-8-7-14(2,3)4/h5-6,9,15H,7-8H2,1-4H3. The highest BCUT2D eigenvalue weighted by Crippen LogP contribution is 2.25. The summed E-state index contributed by atoms with van der Waals surface area (Å²) in [6.07, 6.45) is 1.17. The second-order valence-corrected chi connectivity index (χ2v) is 6.89.